The summed E-state index contributed by atoms with van der Waals surface area (Å²) in [5, 5.41) is 3.22. The van der Waals surface area contributed by atoms with Crippen LogP contribution in [0.15, 0.2) is 23.9 Å². The fourth-order valence-electron chi connectivity index (χ4n) is 2.15. The quantitative estimate of drug-likeness (QED) is 0.664. The van der Waals surface area contributed by atoms with Gasteiger partial charge in [0.2, 0.25) is 0 Å². The molecular weight excluding hydrogens is 182 g/mol. The molecule has 0 aliphatic carbocycles. The molecule has 86 valence electrons. The molecule has 1 aliphatic heterocycles. The standard InChI is InChI=1S/C14H25N/c1-3-5-7-13(8-6-4-2)14-9-11-15-12-10-14/h9-11,13,15H,3-8,12H2,1-2H3. The van der Waals surface area contributed by atoms with Crippen LogP contribution >= 0.6 is 0 Å². The van der Waals surface area contributed by atoms with Crippen molar-refractivity contribution in [3.05, 3.63) is 23.9 Å². The first-order valence-electron chi connectivity index (χ1n) is 6.48. The van der Waals surface area contributed by atoms with Crippen LogP contribution in [-0.4, -0.2) is 6.54 Å². The lowest BCUT2D eigenvalue weighted by Gasteiger charge is -2.20. The van der Waals surface area contributed by atoms with Crippen molar-refractivity contribution in [3.8, 4) is 0 Å². The highest BCUT2D eigenvalue weighted by atomic mass is 14.8. The van der Waals surface area contributed by atoms with E-state index in [1.54, 1.807) is 5.57 Å². The Balaban J connectivity index is 2.46. The molecule has 0 aromatic carbocycles. The average Bonchev–Trinajstić information content (AvgIpc) is 2.30. The van der Waals surface area contributed by atoms with Gasteiger partial charge in [0.05, 0.1) is 0 Å². The number of dihydropyridines is 1. The van der Waals surface area contributed by atoms with Crippen LogP contribution in [0.1, 0.15) is 52.4 Å². The number of allylic oxidation sites excluding steroid dienone is 2. The van der Waals surface area contributed by atoms with Crippen LogP contribution in [0.2, 0.25) is 0 Å². The van der Waals surface area contributed by atoms with E-state index in [0.717, 1.165) is 12.5 Å². The van der Waals surface area contributed by atoms with E-state index in [1.165, 1.54) is 38.5 Å². The molecule has 0 saturated heterocycles. The summed E-state index contributed by atoms with van der Waals surface area (Å²) in [6, 6.07) is 0. The first-order chi connectivity index (χ1) is 7.38. The highest BCUT2D eigenvalue weighted by Crippen LogP contribution is 2.25. The highest BCUT2D eigenvalue weighted by molar-refractivity contribution is 5.24. The fraction of sp³-hybridized carbons (Fsp3) is 0.714. The van der Waals surface area contributed by atoms with Crippen molar-refractivity contribution < 1.29 is 0 Å². The van der Waals surface area contributed by atoms with Crippen molar-refractivity contribution in [2.75, 3.05) is 6.54 Å². The minimum absolute atomic E-state index is 0.809. The monoisotopic (exact) mass is 207 g/mol. The van der Waals surface area contributed by atoms with Gasteiger partial charge in [-0.1, -0.05) is 45.6 Å². The molecule has 0 fully saturated rings. The van der Waals surface area contributed by atoms with Crippen LogP contribution in [0.4, 0.5) is 0 Å². The van der Waals surface area contributed by atoms with E-state index >= 15 is 0 Å². The van der Waals surface area contributed by atoms with Crippen LogP contribution in [0.25, 0.3) is 0 Å². The third kappa shape index (κ3) is 4.55. The number of hydrogen-bond donors (Lipinski definition) is 1. The molecule has 15 heavy (non-hydrogen) atoms. The molecule has 0 unspecified atom stereocenters. The SMILES string of the molecule is CCCCC(CCCC)C1=CCNC=C1. The van der Waals surface area contributed by atoms with Crippen molar-refractivity contribution >= 4 is 0 Å². The lowest BCUT2D eigenvalue weighted by Crippen LogP contribution is -2.13. The molecular formula is C14H25N. The maximum atomic E-state index is 3.22. The van der Waals surface area contributed by atoms with Gasteiger partial charge in [0.25, 0.3) is 0 Å². The van der Waals surface area contributed by atoms with Gasteiger partial charge in [-0.15, -0.1) is 0 Å². The van der Waals surface area contributed by atoms with Gasteiger partial charge in [-0.3, -0.25) is 0 Å². The summed E-state index contributed by atoms with van der Waals surface area (Å²) >= 11 is 0. The molecule has 0 aromatic rings. The first-order valence-corrected chi connectivity index (χ1v) is 6.48. The second kappa shape index (κ2) is 7.56. The minimum atomic E-state index is 0.809. The summed E-state index contributed by atoms with van der Waals surface area (Å²) in [6.07, 6.45) is 14.8. The summed E-state index contributed by atoms with van der Waals surface area (Å²) in [4.78, 5) is 0. The zero-order valence-corrected chi connectivity index (χ0v) is 10.3. The van der Waals surface area contributed by atoms with Crippen molar-refractivity contribution in [3.63, 3.8) is 0 Å². The van der Waals surface area contributed by atoms with E-state index in [0.29, 0.717) is 0 Å². The fourth-order valence-corrected chi connectivity index (χ4v) is 2.15. The van der Waals surface area contributed by atoms with E-state index in [4.69, 9.17) is 0 Å². The van der Waals surface area contributed by atoms with Crippen molar-refractivity contribution in [1.29, 1.82) is 0 Å². The van der Waals surface area contributed by atoms with Crippen molar-refractivity contribution in [1.82, 2.24) is 5.32 Å². The van der Waals surface area contributed by atoms with Crippen molar-refractivity contribution in [2.24, 2.45) is 5.92 Å². The Kier molecular flexibility index (Phi) is 6.22. The Labute approximate surface area is 94.6 Å². The molecule has 0 spiro atoms. The van der Waals surface area contributed by atoms with Crippen LogP contribution in [0.3, 0.4) is 0 Å². The van der Waals surface area contributed by atoms with Crippen LogP contribution < -0.4 is 5.32 Å². The topological polar surface area (TPSA) is 12.0 Å². The molecule has 0 saturated carbocycles. The van der Waals surface area contributed by atoms with E-state index in [2.05, 4.69) is 37.5 Å². The maximum Gasteiger partial charge on any atom is 0.0331 e. The molecule has 0 radical (unpaired) electrons. The van der Waals surface area contributed by atoms with Gasteiger partial charge < -0.3 is 5.32 Å². The molecule has 0 amide bonds. The third-order valence-corrected chi connectivity index (χ3v) is 3.13. The zero-order chi connectivity index (χ0) is 10.9. The third-order valence-electron chi connectivity index (χ3n) is 3.13. The molecule has 1 heteroatoms. The summed E-state index contributed by atoms with van der Waals surface area (Å²) in [7, 11) is 0. The molecule has 0 atom stereocenters. The predicted molar refractivity (Wildman–Crippen MR) is 67.8 cm³/mol. The van der Waals surface area contributed by atoms with E-state index in [9.17, 15) is 0 Å². The molecule has 1 nitrogen and oxygen atoms in total. The molecule has 1 rings (SSSR count). The summed E-state index contributed by atoms with van der Waals surface area (Å²) in [6.45, 7) is 5.58. The Morgan fingerprint density at radius 1 is 1.20 bits per heavy atom. The Morgan fingerprint density at radius 2 is 1.87 bits per heavy atom. The molecule has 0 bridgehead atoms. The second-order valence-electron chi connectivity index (χ2n) is 4.43. The van der Waals surface area contributed by atoms with Gasteiger partial charge in [-0.2, -0.15) is 0 Å². The number of hydrogen-bond acceptors (Lipinski definition) is 1. The second-order valence-corrected chi connectivity index (χ2v) is 4.43. The summed E-state index contributed by atoms with van der Waals surface area (Å²) in [5.41, 5.74) is 1.57. The summed E-state index contributed by atoms with van der Waals surface area (Å²) in [5.74, 6) is 0.809. The largest absolute Gasteiger partial charge is 0.387 e. The van der Waals surface area contributed by atoms with Crippen molar-refractivity contribution in [2.45, 2.75) is 52.4 Å². The number of unbranched alkanes of at least 4 members (excludes halogenated alkanes) is 2. The van der Waals surface area contributed by atoms with E-state index in [1.807, 2.05) is 0 Å². The Hall–Kier alpha value is -0.720. The Morgan fingerprint density at radius 3 is 2.33 bits per heavy atom. The Bertz CT molecular complexity index is 207. The van der Waals surface area contributed by atoms with Crippen LogP contribution in [0, 0.1) is 5.92 Å². The van der Waals surface area contributed by atoms with Gasteiger partial charge in [0.15, 0.2) is 0 Å². The number of nitrogens with one attached hydrogen (secondary N) is 1. The maximum absolute atomic E-state index is 3.22. The molecule has 1 heterocycles. The van der Waals surface area contributed by atoms with Crippen LogP contribution in [-0.2, 0) is 0 Å². The predicted octanol–water partition coefficient (Wildman–Crippen LogP) is 4.03. The van der Waals surface area contributed by atoms with Gasteiger partial charge >= 0.3 is 0 Å². The minimum Gasteiger partial charge on any atom is -0.387 e. The smallest absolute Gasteiger partial charge is 0.0331 e. The van der Waals surface area contributed by atoms with E-state index in [-0.39, 0.29) is 0 Å². The normalized spacial score (nSPS) is 15.3. The van der Waals surface area contributed by atoms with Gasteiger partial charge in [0.1, 0.15) is 0 Å². The summed E-state index contributed by atoms with van der Waals surface area (Å²) < 4.78 is 0. The lowest BCUT2D eigenvalue weighted by molar-refractivity contribution is 0.480. The average molecular weight is 207 g/mol. The van der Waals surface area contributed by atoms with Crippen LogP contribution in [0.5, 0.6) is 0 Å². The van der Waals surface area contributed by atoms with Gasteiger partial charge in [0, 0.05) is 6.54 Å². The highest BCUT2D eigenvalue weighted by Gasteiger charge is 2.12. The lowest BCUT2D eigenvalue weighted by atomic mass is 9.88. The van der Waals surface area contributed by atoms with Gasteiger partial charge in [-0.25, -0.2) is 0 Å². The number of rotatable bonds is 7. The van der Waals surface area contributed by atoms with Gasteiger partial charge in [-0.05, 0) is 36.6 Å². The van der Waals surface area contributed by atoms with E-state index < -0.39 is 0 Å². The molecule has 1 N–H and O–H groups in total. The first kappa shape index (κ1) is 12.4. The molecule has 1 aliphatic rings. The molecule has 0 aromatic heterocycles. The zero-order valence-electron chi connectivity index (χ0n) is 10.3.